The molecule has 0 spiro atoms. The molecule has 0 saturated carbocycles. The minimum Gasteiger partial charge on any atom is -0.475 e. The quantitative estimate of drug-likeness (QED) is 0.524. The average molecular weight is 470 g/mol. The van der Waals surface area contributed by atoms with Crippen LogP contribution in [0.4, 0.5) is 13.2 Å². The highest BCUT2D eigenvalue weighted by Gasteiger charge is 2.38. The maximum atomic E-state index is 12.1. The Balaban J connectivity index is 0.000000479. The van der Waals surface area contributed by atoms with E-state index in [1.807, 2.05) is 36.4 Å². The summed E-state index contributed by atoms with van der Waals surface area (Å²) in [6.45, 7) is 0.633. The molecule has 0 unspecified atom stereocenters. The number of nitrogens with two attached hydrogens (primary N) is 1. The van der Waals surface area contributed by atoms with Gasteiger partial charge in [-0.15, -0.1) is 0 Å². The molecule has 1 heterocycles. The molecule has 1 aliphatic heterocycles. The molecule has 0 saturated heterocycles. The van der Waals surface area contributed by atoms with Gasteiger partial charge in [-0.05, 0) is 23.3 Å². The fourth-order valence-electron chi connectivity index (χ4n) is 2.44. The van der Waals surface area contributed by atoms with Crippen molar-refractivity contribution in [3.8, 4) is 11.5 Å². The summed E-state index contributed by atoms with van der Waals surface area (Å²) < 4.78 is 47.4. The number of carbonyl (C=O) groups is 3. The number of nitrogens with one attached hydrogen (secondary N) is 1. The van der Waals surface area contributed by atoms with Crippen molar-refractivity contribution in [1.82, 2.24) is 5.32 Å². The highest BCUT2D eigenvalue weighted by Crippen LogP contribution is 2.32. The van der Waals surface area contributed by atoms with E-state index >= 15 is 0 Å². The minimum absolute atomic E-state index is 0.158. The van der Waals surface area contributed by atoms with Gasteiger partial charge in [0.2, 0.25) is 12.7 Å². The number of hydrogen-bond donors (Lipinski definition) is 3. The molecule has 2 aromatic rings. The standard InChI is InChI=1S/C19H20N2O5.C2HF3O2/c20-15(9-18(22)24-11-13-4-2-1-3-5-13)19(23)21-10-14-6-7-16-17(8-14)26-12-25-16;3-2(4,5)1(6)7/h1-8,15H,9-12,20H2,(H,21,23);(H,6,7)/t15-;/m0./s1. The Hall–Kier alpha value is -3.80. The summed E-state index contributed by atoms with van der Waals surface area (Å²) in [6.07, 6.45) is -5.26. The Kier molecular flexibility index (Phi) is 9.04. The SMILES string of the molecule is N[C@@H](CC(=O)OCc1ccccc1)C(=O)NCc1ccc2c(c1)OCO2.O=C(O)C(F)(F)F. The number of alkyl halides is 3. The molecule has 3 rings (SSSR count). The van der Waals surface area contributed by atoms with Crippen molar-refractivity contribution in [3.05, 3.63) is 59.7 Å². The van der Waals surface area contributed by atoms with Crippen LogP contribution in [0.2, 0.25) is 0 Å². The van der Waals surface area contributed by atoms with Crippen molar-refractivity contribution in [2.75, 3.05) is 6.79 Å². The topological polar surface area (TPSA) is 137 Å². The van der Waals surface area contributed by atoms with E-state index in [4.69, 9.17) is 29.8 Å². The monoisotopic (exact) mass is 470 g/mol. The van der Waals surface area contributed by atoms with Gasteiger partial charge in [0.25, 0.3) is 0 Å². The number of amides is 1. The zero-order chi connectivity index (χ0) is 24.4. The molecule has 0 aliphatic carbocycles. The zero-order valence-electron chi connectivity index (χ0n) is 17.1. The average Bonchev–Trinajstić information content (AvgIpc) is 3.24. The van der Waals surface area contributed by atoms with E-state index in [1.54, 1.807) is 12.1 Å². The normalized spacial score (nSPS) is 12.7. The third-order valence-electron chi connectivity index (χ3n) is 4.11. The lowest BCUT2D eigenvalue weighted by Gasteiger charge is -2.12. The molecule has 0 aromatic heterocycles. The van der Waals surface area contributed by atoms with E-state index in [0.717, 1.165) is 11.1 Å². The molecule has 9 nitrogen and oxygen atoms in total. The Morgan fingerprint density at radius 3 is 2.33 bits per heavy atom. The maximum absolute atomic E-state index is 12.1. The fraction of sp³-hybridized carbons (Fsp3) is 0.286. The number of fused-ring (bicyclic) bond motifs is 1. The van der Waals surface area contributed by atoms with Crippen LogP contribution >= 0.6 is 0 Å². The summed E-state index contributed by atoms with van der Waals surface area (Å²) in [5.74, 6) is -2.37. The lowest BCUT2D eigenvalue weighted by atomic mass is 10.1. The third-order valence-corrected chi connectivity index (χ3v) is 4.11. The summed E-state index contributed by atoms with van der Waals surface area (Å²) in [6, 6.07) is 13.7. The number of esters is 1. The third kappa shape index (κ3) is 8.69. The second kappa shape index (κ2) is 11.7. The lowest BCUT2D eigenvalue weighted by molar-refractivity contribution is -0.192. The van der Waals surface area contributed by atoms with Gasteiger partial charge in [-0.3, -0.25) is 9.59 Å². The van der Waals surface area contributed by atoms with Gasteiger partial charge in [-0.2, -0.15) is 13.2 Å². The summed E-state index contributed by atoms with van der Waals surface area (Å²) in [5, 5.41) is 9.83. The first kappa shape index (κ1) is 25.5. The highest BCUT2D eigenvalue weighted by atomic mass is 19.4. The van der Waals surface area contributed by atoms with Crippen molar-refractivity contribution in [2.24, 2.45) is 5.73 Å². The molecular weight excluding hydrogens is 449 g/mol. The first-order valence-electron chi connectivity index (χ1n) is 9.47. The van der Waals surface area contributed by atoms with Crippen molar-refractivity contribution in [3.63, 3.8) is 0 Å². The Morgan fingerprint density at radius 1 is 1.06 bits per heavy atom. The molecule has 178 valence electrons. The first-order chi connectivity index (χ1) is 15.6. The van der Waals surface area contributed by atoms with E-state index in [9.17, 15) is 22.8 Å². The van der Waals surface area contributed by atoms with E-state index in [-0.39, 0.29) is 26.4 Å². The molecule has 1 amide bonds. The van der Waals surface area contributed by atoms with Crippen LogP contribution in [-0.2, 0) is 32.3 Å². The fourth-order valence-corrected chi connectivity index (χ4v) is 2.44. The van der Waals surface area contributed by atoms with Crippen LogP contribution in [-0.4, -0.2) is 42.0 Å². The highest BCUT2D eigenvalue weighted by molar-refractivity contribution is 5.86. The lowest BCUT2D eigenvalue weighted by Crippen LogP contribution is -2.41. The van der Waals surface area contributed by atoms with E-state index in [1.165, 1.54) is 0 Å². The van der Waals surface area contributed by atoms with Crippen molar-refractivity contribution in [2.45, 2.75) is 31.8 Å². The van der Waals surface area contributed by atoms with Gasteiger partial charge in [0.05, 0.1) is 12.5 Å². The summed E-state index contributed by atoms with van der Waals surface area (Å²) in [4.78, 5) is 32.8. The molecule has 2 aromatic carbocycles. The smallest absolute Gasteiger partial charge is 0.475 e. The zero-order valence-corrected chi connectivity index (χ0v) is 17.1. The molecule has 12 heteroatoms. The molecule has 0 bridgehead atoms. The van der Waals surface area contributed by atoms with E-state index < -0.39 is 30.1 Å². The predicted molar refractivity (Wildman–Crippen MR) is 107 cm³/mol. The number of carboxylic acids is 1. The van der Waals surface area contributed by atoms with Gasteiger partial charge < -0.3 is 30.4 Å². The number of benzene rings is 2. The summed E-state index contributed by atoms with van der Waals surface area (Å²) >= 11 is 0. The molecule has 0 fully saturated rings. The van der Waals surface area contributed by atoms with Crippen LogP contribution in [0.25, 0.3) is 0 Å². The van der Waals surface area contributed by atoms with E-state index in [0.29, 0.717) is 11.5 Å². The molecule has 4 N–H and O–H groups in total. The molecule has 33 heavy (non-hydrogen) atoms. The van der Waals surface area contributed by atoms with E-state index in [2.05, 4.69) is 5.32 Å². The Morgan fingerprint density at radius 2 is 1.70 bits per heavy atom. The van der Waals surface area contributed by atoms with Crippen LogP contribution in [0.15, 0.2) is 48.5 Å². The Bertz CT molecular complexity index is 968. The number of halogens is 3. The molecule has 1 aliphatic rings. The van der Waals surface area contributed by atoms with Crippen molar-refractivity contribution in [1.29, 1.82) is 0 Å². The van der Waals surface area contributed by atoms with Gasteiger partial charge in [0, 0.05) is 6.54 Å². The second-order valence-corrected chi connectivity index (χ2v) is 6.67. The predicted octanol–water partition coefficient (Wildman–Crippen LogP) is 2.13. The minimum atomic E-state index is -5.08. The first-order valence-corrected chi connectivity index (χ1v) is 9.47. The number of carbonyl (C=O) groups excluding carboxylic acids is 2. The van der Waals surface area contributed by atoms with Gasteiger partial charge in [-0.25, -0.2) is 4.79 Å². The van der Waals surface area contributed by atoms with Gasteiger partial charge in [-0.1, -0.05) is 36.4 Å². The van der Waals surface area contributed by atoms with Gasteiger partial charge >= 0.3 is 18.1 Å². The maximum Gasteiger partial charge on any atom is 0.490 e. The van der Waals surface area contributed by atoms with Crippen molar-refractivity contribution < 1.29 is 46.9 Å². The van der Waals surface area contributed by atoms with Crippen LogP contribution in [0, 0.1) is 0 Å². The number of rotatable bonds is 7. The Labute approximate surface area is 186 Å². The number of aliphatic carboxylic acids is 1. The van der Waals surface area contributed by atoms with Crippen LogP contribution in [0.3, 0.4) is 0 Å². The largest absolute Gasteiger partial charge is 0.490 e. The van der Waals surface area contributed by atoms with Crippen LogP contribution in [0.1, 0.15) is 17.5 Å². The molecule has 1 atom stereocenters. The second-order valence-electron chi connectivity index (χ2n) is 6.67. The van der Waals surface area contributed by atoms with Crippen molar-refractivity contribution >= 4 is 17.8 Å². The van der Waals surface area contributed by atoms with Crippen LogP contribution in [0.5, 0.6) is 11.5 Å². The number of ether oxygens (including phenoxy) is 3. The molecular formula is C21H21F3N2O7. The molecule has 0 radical (unpaired) electrons. The van der Waals surface area contributed by atoms with Gasteiger partial charge in [0.15, 0.2) is 11.5 Å². The summed E-state index contributed by atoms with van der Waals surface area (Å²) in [5.41, 5.74) is 7.51. The van der Waals surface area contributed by atoms with Crippen LogP contribution < -0.4 is 20.5 Å². The van der Waals surface area contributed by atoms with Gasteiger partial charge in [0.1, 0.15) is 6.61 Å². The number of hydrogen-bond acceptors (Lipinski definition) is 7. The number of carboxylic acid groups (broad SMARTS) is 1. The summed E-state index contributed by atoms with van der Waals surface area (Å²) in [7, 11) is 0.